The zero-order valence-corrected chi connectivity index (χ0v) is 11.6. The predicted molar refractivity (Wildman–Crippen MR) is 74.2 cm³/mol. The van der Waals surface area contributed by atoms with Gasteiger partial charge in [-0.25, -0.2) is 4.98 Å². The fraction of sp³-hybridized carbons (Fsp3) is 0.250. The molecule has 0 amide bonds. The van der Waals surface area contributed by atoms with Crippen LogP contribution >= 0.6 is 23.2 Å². The molecule has 0 unspecified atom stereocenters. The zero-order chi connectivity index (χ0) is 13.8. The number of fused-ring (bicyclic) bond motifs is 1. The molecule has 2 rings (SSSR count). The number of halogens is 2. The van der Waals surface area contributed by atoms with Gasteiger partial charge in [0.25, 0.3) is 0 Å². The van der Waals surface area contributed by atoms with Crippen molar-refractivity contribution in [3.8, 4) is 0 Å². The number of hydrogen-bond acceptors (Lipinski definition) is 4. The molecule has 100 valence electrons. The van der Waals surface area contributed by atoms with Gasteiger partial charge in [0, 0.05) is 11.8 Å². The van der Waals surface area contributed by atoms with Crippen LogP contribution in [-0.2, 0) is 9.53 Å². The van der Waals surface area contributed by atoms with E-state index in [0.717, 1.165) is 5.56 Å². The van der Waals surface area contributed by atoms with Crippen molar-refractivity contribution in [1.82, 2.24) is 15.0 Å². The van der Waals surface area contributed by atoms with Crippen LogP contribution in [0.5, 0.6) is 0 Å². The van der Waals surface area contributed by atoms with Crippen molar-refractivity contribution in [2.45, 2.75) is 13.3 Å². The van der Waals surface area contributed by atoms with Crippen LogP contribution in [0.4, 0.5) is 0 Å². The number of nitrogens with one attached hydrogen (secondary N) is 1. The van der Waals surface area contributed by atoms with Crippen LogP contribution < -0.4 is 0 Å². The van der Waals surface area contributed by atoms with Crippen molar-refractivity contribution >= 4 is 46.3 Å². The third-order valence-electron chi connectivity index (χ3n) is 2.38. The maximum absolute atomic E-state index is 11.2. The molecule has 7 heteroatoms. The molecule has 0 atom stereocenters. The first-order valence-electron chi connectivity index (χ1n) is 5.64. The Morgan fingerprint density at radius 3 is 3.00 bits per heavy atom. The Labute approximate surface area is 119 Å². The number of carbonyl (C=O) groups is 1. The molecular weight excluding hydrogens is 289 g/mol. The Kier molecular flexibility index (Phi) is 4.39. The maximum Gasteiger partial charge on any atom is 0.309 e. The van der Waals surface area contributed by atoms with Gasteiger partial charge >= 0.3 is 5.97 Å². The third-order valence-corrected chi connectivity index (χ3v) is 2.82. The summed E-state index contributed by atoms with van der Waals surface area (Å²) in [5.74, 6) is -0.274. The highest BCUT2D eigenvalue weighted by atomic mass is 35.5. The van der Waals surface area contributed by atoms with E-state index in [-0.39, 0.29) is 22.8 Å². The molecule has 0 aromatic carbocycles. The number of aromatic amines is 1. The van der Waals surface area contributed by atoms with Crippen molar-refractivity contribution in [2.75, 3.05) is 6.61 Å². The zero-order valence-electron chi connectivity index (χ0n) is 10.1. The SMILES string of the molecule is CCOC(=O)CC=Cc1c[nH]c2nc(Cl)nc(Cl)c12. The molecular formula is C12H11Cl2N3O2. The fourth-order valence-corrected chi connectivity index (χ4v) is 2.11. The van der Waals surface area contributed by atoms with Crippen molar-refractivity contribution in [1.29, 1.82) is 0 Å². The van der Waals surface area contributed by atoms with Crippen LogP contribution in [0.15, 0.2) is 12.3 Å². The number of rotatable bonds is 4. The van der Waals surface area contributed by atoms with Crippen LogP contribution in [0.1, 0.15) is 18.9 Å². The van der Waals surface area contributed by atoms with Gasteiger partial charge < -0.3 is 9.72 Å². The van der Waals surface area contributed by atoms with Gasteiger partial charge in [0.15, 0.2) is 0 Å². The largest absolute Gasteiger partial charge is 0.466 e. The second-order valence-electron chi connectivity index (χ2n) is 3.66. The van der Waals surface area contributed by atoms with Gasteiger partial charge in [-0.15, -0.1) is 0 Å². The first-order valence-corrected chi connectivity index (χ1v) is 6.39. The summed E-state index contributed by atoms with van der Waals surface area (Å²) in [4.78, 5) is 22.0. The van der Waals surface area contributed by atoms with E-state index in [9.17, 15) is 4.79 Å². The van der Waals surface area contributed by atoms with E-state index in [1.165, 1.54) is 0 Å². The molecule has 5 nitrogen and oxygen atoms in total. The van der Waals surface area contributed by atoms with E-state index in [1.807, 2.05) is 0 Å². The number of H-pyrrole nitrogens is 1. The Morgan fingerprint density at radius 2 is 2.26 bits per heavy atom. The van der Waals surface area contributed by atoms with Crippen molar-refractivity contribution in [3.05, 3.63) is 28.3 Å². The molecule has 2 aromatic heterocycles. The van der Waals surface area contributed by atoms with E-state index in [0.29, 0.717) is 17.6 Å². The second-order valence-corrected chi connectivity index (χ2v) is 4.36. The molecule has 0 aliphatic rings. The average Bonchev–Trinajstić information content (AvgIpc) is 2.72. The molecule has 0 radical (unpaired) electrons. The van der Waals surface area contributed by atoms with Gasteiger partial charge in [-0.2, -0.15) is 4.98 Å². The number of esters is 1. The highest BCUT2D eigenvalue weighted by Crippen LogP contribution is 2.26. The molecule has 0 spiro atoms. The molecule has 2 aromatic rings. The minimum Gasteiger partial charge on any atom is -0.466 e. The number of ether oxygens (including phenoxy) is 1. The Hall–Kier alpha value is -1.59. The van der Waals surface area contributed by atoms with E-state index in [1.54, 1.807) is 25.3 Å². The Balaban J connectivity index is 2.22. The minimum atomic E-state index is -0.274. The monoisotopic (exact) mass is 299 g/mol. The van der Waals surface area contributed by atoms with Gasteiger partial charge in [0.1, 0.15) is 10.8 Å². The lowest BCUT2D eigenvalue weighted by Crippen LogP contribution is -2.01. The first-order chi connectivity index (χ1) is 9.11. The number of nitrogens with zero attached hydrogens (tertiary/aromatic N) is 2. The molecule has 0 saturated carbocycles. The third kappa shape index (κ3) is 3.24. The van der Waals surface area contributed by atoms with Gasteiger partial charge in [-0.05, 0) is 18.5 Å². The predicted octanol–water partition coefficient (Wildman–Crippen LogP) is 3.23. The van der Waals surface area contributed by atoms with Crippen LogP contribution in [0.25, 0.3) is 17.1 Å². The van der Waals surface area contributed by atoms with Crippen LogP contribution in [0.3, 0.4) is 0 Å². The van der Waals surface area contributed by atoms with Crippen molar-refractivity contribution < 1.29 is 9.53 Å². The van der Waals surface area contributed by atoms with Gasteiger partial charge in [-0.1, -0.05) is 23.8 Å². The summed E-state index contributed by atoms with van der Waals surface area (Å²) in [5.41, 5.74) is 1.35. The summed E-state index contributed by atoms with van der Waals surface area (Å²) in [7, 11) is 0. The number of carbonyl (C=O) groups excluding carboxylic acids is 1. The number of hydrogen-bond donors (Lipinski definition) is 1. The fourth-order valence-electron chi connectivity index (χ4n) is 1.62. The van der Waals surface area contributed by atoms with Crippen LogP contribution in [0, 0.1) is 0 Å². The topological polar surface area (TPSA) is 67.9 Å². The van der Waals surface area contributed by atoms with Crippen molar-refractivity contribution in [3.63, 3.8) is 0 Å². The lowest BCUT2D eigenvalue weighted by molar-refractivity contribution is -0.142. The quantitative estimate of drug-likeness (QED) is 0.535. The minimum absolute atomic E-state index is 0.0846. The summed E-state index contributed by atoms with van der Waals surface area (Å²) in [6.07, 6.45) is 5.39. The summed E-state index contributed by atoms with van der Waals surface area (Å²) in [5, 5.41) is 1.03. The molecule has 0 aliphatic heterocycles. The average molecular weight is 300 g/mol. The summed E-state index contributed by atoms with van der Waals surface area (Å²) in [6, 6.07) is 0. The van der Waals surface area contributed by atoms with Crippen molar-refractivity contribution in [2.24, 2.45) is 0 Å². The standard InChI is InChI=1S/C12H11Cl2N3O2/c1-2-19-8(18)5-3-4-7-6-15-11-9(7)10(13)16-12(14)17-11/h3-4,6H,2,5H2,1H3,(H,15,16,17). The molecule has 0 fully saturated rings. The lowest BCUT2D eigenvalue weighted by atomic mass is 10.2. The second kappa shape index (κ2) is 6.04. The Morgan fingerprint density at radius 1 is 1.47 bits per heavy atom. The maximum atomic E-state index is 11.2. The van der Waals surface area contributed by atoms with E-state index < -0.39 is 0 Å². The normalized spacial score (nSPS) is 11.3. The lowest BCUT2D eigenvalue weighted by Gasteiger charge is -1.97. The molecule has 0 bridgehead atoms. The van der Waals surface area contributed by atoms with Crippen LogP contribution in [-0.4, -0.2) is 27.5 Å². The molecule has 19 heavy (non-hydrogen) atoms. The highest BCUT2D eigenvalue weighted by molar-refractivity contribution is 6.36. The van der Waals surface area contributed by atoms with Gasteiger partial charge in [0.2, 0.25) is 5.28 Å². The Bertz CT molecular complexity index is 637. The summed E-state index contributed by atoms with van der Waals surface area (Å²) < 4.78 is 4.82. The first kappa shape index (κ1) is 13.8. The number of aromatic nitrogens is 3. The highest BCUT2D eigenvalue weighted by Gasteiger charge is 2.09. The smallest absolute Gasteiger partial charge is 0.309 e. The summed E-state index contributed by atoms with van der Waals surface area (Å²) >= 11 is 11.7. The molecule has 2 heterocycles. The molecule has 0 aliphatic carbocycles. The molecule has 1 N–H and O–H groups in total. The van der Waals surface area contributed by atoms with E-state index in [2.05, 4.69) is 15.0 Å². The van der Waals surface area contributed by atoms with E-state index >= 15 is 0 Å². The van der Waals surface area contributed by atoms with Crippen LogP contribution in [0.2, 0.25) is 10.4 Å². The van der Waals surface area contributed by atoms with Gasteiger partial charge in [-0.3, -0.25) is 4.79 Å². The van der Waals surface area contributed by atoms with Gasteiger partial charge in [0.05, 0.1) is 18.4 Å². The summed E-state index contributed by atoms with van der Waals surface area (Å²) in [6.45, 7) is 2.14. The molecule has 0 saturated heterocycles. The van der Waals surface area contributed by atoms with E-state index in [4.69, 9.17) is 27.9 Å².